The first kappa shape index (κ1) is 14.8. The fourth-order valence-corrected chi connectivity index (χ4v) is 2.49. The third kappa shape index (κ3) is 4.14. The van der Waals surface area contributed by atoms with Gasteiger partial charge in [0.05, 0.1) is 13.2 Å². The van der Waals surface area contributed by atoms with Crippen LogP contribution in [0.3, 0.4) is 0 Å². The van der Waals surface area contributed by atoms with E-state index >= 15 is 0 Å². The largest absolute Gasteiger partial charge is 1.00 e. The van der Waals surface area contributed by atoms with E-state index < -0.39 is 15.5 Å². The van der Waals surface area contributed by atoms with Crippen LogP contribution in [0.2, 0.25) is 0 Å². The Bertz CT molecular complexity index is 250. The van der Waals surface area contributed by atoms with Gasteiger partial charge in [-0.2, -0.15) is 0 Å². The van der Waals surface area contributed by atoms with Crippen LogP contribution in [0.15, 0.2) is 0 Å². The molecule has 0 aromatic heterocycles. The first-order valence-electron chi connectivity index (χ1n) is 4.32. The molecular formula is C7H14NNaO4S. The van der Waals surface area contributed by atoms with Crippen molar-refractivity contribution in [2.75, 3.05) is 26.3 Å². The van der Waals surface area contributed by atoms with E-state index in [0.717, 1.165) is 0 Å². The van der Waals surface area contributed by atoms with Gasteiger partial charge in [0.1, 0.15) is 15.5 Å². The van der Waals surface area contributed by atoms with Gasteiger partial charge < -0.3 is 9.29 Å². The van der Waals surface area contributed by atoms with Crippen LogP contribution in [0, 0.1) is 0 Å². The van der Waals surface area contributed by atoms with Gasteiger partial charge in [-0.25, -0.2) is 8.42 Å². The van der Waals surface area contributed by atoms with Crippen molar-refractivity contribution in [2.45, 2.75) is 18.7 Å². The molecule has 1 fully saturated rings. The third-order valence-corrected chi connectivity index (χ3v) is 3.43. The summed E-state index contributed by atoms with van der Waals surface area (Å²) in [4.78, 5) is 1.67. The molecule has 0 radical (unpaired) electrons. The van der Waals surface area contributed by atoms with Gasteiger partial charge in [0.2, 0.25) is 0 Å². The number of hydrogen-bond acceptors (Lipinski definition) is 5. The molecule has 14 heavy (non-hydrogen) atoms. The Hall–Kier alpha value is 0.830. The molecule has 0 amide bonds. The number of ether oxygens (including phenoxy) is 1. The molecule has 1 saturated heterocycles. The number of morpholine rings is 1. The molecule has 1 aliphatic rings. The summed E-state index contributed by atoms with van der Waals surface area (Å²) in [6.07, 6.45) is 0.339. The quantitative estimate of drug-likeness (QED) is 0.374. The first-order chi connectivity index (χ1) is 6.05. The average Bonchev–Trinajstić information content (AvgIpc) is 2.05. The molecule has 0 bridgehead atoms. The van der Waals surface area contributed by atoms with Crippen molar-refractivity contribution >= 4 is 10.1 Å². The van der Waals surface area contributed by atoms with Crippen LogP contribution in [0.4, 0.5) is 0 Å². The summed E-state index contributed by atoms with van der Waals surface area (Å²) in [5, 5.41) is -0.878. The third-order valence-electron chi connectivity index (χ3n) is 2.14. The van der Waals surface area contributed by atoms with Gasteiger partial charge >= 0.3 is 29.6 Å². The van der Waals surface area contributed by atoms with E-state index in [1.165, 1.54) is 0 Å². The van der Waals surface area contributed by atoms with Gasteiger partial charge in [-0.1, -0.05) is 6.92 Å². The Kier molecular flexibility index (Phi) is 6.80. The molecule has 1 aliphatic heterocycles. The molecule has 0 aromatic rings. The van der Waals surface area contributed by atoms with E-state index in [-0.39, 0.29) is 29.6 Å². The summed E-state index contributed by atoms with van der Waals surface area (Å²) in [7, 11) is -4.19. The van der Waals surface area contributed by atoms with Crippen LogP contribution in [-0.2, 0) is 14.9 Å². The van der Waals surface area contributed by atoms with Crippen molar-refractivity contribution in [1.29, 1.82) is 0 Å². The second kappa shape index (κ2) is 6.42. The molecule has 1 rings (SSSR count). The Morgan fingerprint density at radius 3 is 2.29 bits per heavy atom. The van der Waals surface area contributed by atoms with Gasteiger partial charge in [-0.15, -0.1) is 0 Å². The zero-order valence-electron chi connectivity index (χ0n) is 8.60. The molecule has 78 valence electrons. The van der Waals surface area contributed by atoms with E-state index in [1.807, 2.05) is 0 Å². The zero-order valence-corrected chi connectivity index (χ0v) is 11.4. The summed E-state index contributed by atoms with van der Waals surface area (Å²) in [6.45, 7) is 3.77. The van der Waals surface area contributed by atoms with Gasteiger partial charge in [-0.3, -0.25) is 4.90 Å². The van der Waals surface area contributed by atoms with Gasteiger partial charge in [0.15, 0.2) is 0 Å². The van der Waals surface area contributed by atoms with Crippen LogP contribution < -0.4 is 29.6 Å². The van der Waals surface area contributed by atoms with Crippen molar-refractivity contribution < 1.29 is 47.3 Å². The molecule has 1 unspecified atom stereocenters. The maximum Gasteiger partial charge on any atom is 1.00 e. The molecule has 1 heterocycles. The molecule has 0 saturated carbocycles. The predicted octanol–water partition coefficient (Wildman–Crippen LogP) is -3.40. The fraction of sp³-hybridized carbons (Fsp3) is 1.00. The van der Waals surface area contributed by atoms with E-state index in [0.29, 0.717) is 32.7 Å². The molecule has 0 N–H and O–H groups in total. The molecular weight excluding hydrogens is 217 g/mol. The summed E-state index contributed by atoms with van der Waals surface area (Å²) in [6, 6.07) is 0. The van der Waals surface area contributed by atoms with Crippen molar-refractivity contribution in [3.63, 3.8) is 0 Å². The molecule has 5 nitrogen and oxygen atoms in total. The smallest absolute Gasteiger partial charge is 0.747 e. The summed E-state index contributed by atoms with van der Waals surface area (Å²) in [5.41, 5.74) is 0. The first-order valence-corrected chi connectivity index (χ1v) is 5.79. The second-order valence-corrected chi connectivity index (χ2v) is 4.53. The summed E-state index contributed by atoms with van der Waals surface area (Å²) in [5.74, 6) is 0. The molecule has 7 heteroatoms. The summed E-state index contributed by atoms with van der Waals surface area (Å²) < 4.78 is 37.5. The van der Waals surface area contributed by atoms with Gasteiger partial charge in [-0.05, 0) is 6.42 Å². The summed E-state index contributed by atoms with van der Waals surface area (Å²) >= 11 is 0. The number of hydrogen-bond donors (Lipinski definition) is 0. The number of rotatable bonds is 3. The number of nitrogens with zero attached hydrogens (tertiary/aromatic N) is 1. The minimum absolute atomic E-state index is 0. The van der Waals surface area contributed by atoms with Gasteiger partial charge in [0.25, 0.3) is 0 Å². The minimum atomic E-state index is -4.19. The Morgan fingerprint density at radius 2 is 1.93 bits per heavy atom. The standard InChI is InChI=1S/C7H15NO4S.Na/c1-2-7(13(9,10)11)8-3-5-12-6-4-8;/h7H,2-6H2,1H3,(H,9,10,11);/q;+1/p-1. The van der Waals surface area contributed by atoms with Crippen molar-refractivity contribution in [3.8, 4) is 0 Å². The maximum atomic E-state index is 10.8. The fourth-order valence-electron chi connectivity index (χ4n) is 1.51. The van der Waals surface area contributed by atoms with E-state index in [9.17, 15) is 13.0 Å². The van der Waals surface area contributed by atoms with Crippen LogP contribution in [0.25, 0.3) is 0 Å². The molecule has 0 aliphatic carbocycles. The van der Waals surface area contributed by atoms with Crippen LogP contribution in [-0.4, -0.2) is 49.5 Å². The van der Waals surface area contributed by atoms with Crippen molar-refractivity contribution in [3.05, 3.63) is 0 Å². The van der Waals surface area contributed by atoms with Gasteiger partial charge in [0, 0.05) is 13.1 Å². The minimum Gasteiger partial charge on any atom is -0.747 e. The Labute approximate surface area is 107 Å². The van der Waals surface area contributed by atoms with E-state index in [2.05, 4.69) is 0 Å². The van der Waals surface area contributed by atoms with E-state index in [1.54, 1.807) is 11.8 Å². The normalized spacial score (nSPS) is 21.3. The van der Waals surface area contributed by atoms with Crippen LogP contribution >= 0.6 is 0 Å². The second-order valence-electron chi connectivity index (χ2n) is 3.00. The maximum absolute atomic E-state index is 10.8. The van der Waals surface area contributed by atoms with Crippen LogP contribution in [0.1, 0.15) is 13.3 Å². The van der Waals surface area contributed by atoms with Crippen molar-refractivity contribution in [1.82, 2.24) is 4.90 Å². The molecule has 0 spiro atoms. The Morgan fingerprint density at radius 1 is 1.43 bits per heavy atom. The molecule has 1 atom stereocenters. The van der Waals surface area contributed by atoms with Crippen LogP contribution in [0.5, 0.6) is 0 Å². The SMILES string of the molecule is CCC(N1CCOCC1)S(=O)(=O)[O-].[Na+]. The predicted molar refractivity (Wildman–Crippen MR) is 46.2 cm³/mol. The van der Waals surface area contributed by atoms with E-state index in [4.69, 9.17) is 4.74 Å². The molecule has 0 aromatic carbocycles. The monoisotopic (exact) mass is 231 g/mol. The average molecular weight is 231 g/mol. The Balaban J connectivity index is 0.00000169. The topological polar surface area (TPSA) is 69.7 Å². The zero-order chi connectivity index (χ0) is 9.90. The van der Waals surface area contributed by atoms with Crippen molar-refractivity contribution in [2.24, 2.45) is 0 Å².